The number of aliphatic hydroxyl groups is 1. The Morgan fingerprint density at radius 2 is 2.25 bits per heavy atom. The molecule has 0 aromatic carbocycles. The predicted molar refractivity (Wildman–Crippen MR) is 43.5 cm³/mol. The van der Waals surface area contributed by atoms with E-state index in [0.29, 0.717) is 11.9 Å². The Hall–Kier alpha value is -0.900. The maximum Gasteiger partial charge on any atom is 0.164 e. The summed E-state index contributed by atoms with van der Waals surface area (Å²) < 4.78 is 1.97. The van der Waals surface area contributed by atoms with Gasteiger partial charge in [-0.15, -0.1) is 10.2 Å². The predicted octanol–water partition coefficient (Wildman–Crippen LogP) is 0.840. The summed E-state index contributed by atoms with van der Waals surface area (Å²) in [5.41, 5.74) is -0.876. The molecule has 0 atom stereocenters. The van der Waals surface area contributed by atoms with Crippen molar-refractivity contribution in [1.82, 2.24) is 14.8 Å². The summed E-state index contributed by atoms with van der Waals surface area (Å²) in [6.07, 6.45) is 4.06. The van der Waals surface area contributed by atoms with Crippen LogP contribution in [-0.4, -0.2) is 19.9 Å². The van der Waals surface area contributed by atoms with Gasteiger partial charge in [0.15, 0.2) is 5.82 Å². The van der Waals surface area contributed by atoms with Crippen LogP contribution < -0.4 is 0 Å². The van der Waals surface area contributed by atoms with Gasteiger partial charge >= 0.3 is 0 Å². The van der Waals surface area contributed by atoms with Crippen molar-refractivity contribution in [1.29, 1.82) is 0 Å². The SMILES string of the molecule is CC(C)(O)c1nncn1C1CC1. The number of hydrogen-bond acceptors (Lipinski definition) is 3. The van der Waals surface area contributed by atoms with Crippen molar-refractivity contribution in [3.63, 3.8) is 0 Å². The van der Waals surface area contributed by atoms with E-state index in [-0.39, 0.29) is 0 Å². The van der Waals surface area contributed by atoms with Gasteiger partial charge in [-0.3, -0.25) is 0 Å². The fourth-order valence-electron chi connectivity index (χ4n) is 1.30. The van der Waals surface area contributed by atoms with Crippen LogP contribution in [0, 0.1) is 0 Å². The standard InChI is InChI=1S/C8H13N3O/c1-8(2,12)7-10-9-5-11(7)6-3-4-6/h5-6,12H,3-4H2,1-2H3. The monoisotopic (exact) mass is 167 g/mol. The van der Waals surface area contributed by atoms with Crippen molar-refractivity contribution in [2.45, 2.75) is 38.3 Å². The molecule has 4 heteroatoms. The molecule has 0 unspecified atom stereocenters. The Balaban J connectivity index is 2.36. The second kappa shape index (κ2) is 2.29. The molecule has 12 heavy (non-hydrogen) atoms. The zero-order chi connectivity index (χ0) is 8.77. The fourth-order valence-corrected chi connectivity index (χ4v) is 1.30. The van der Waals surface area contributed by atoms with Gasteiger partial charge in [0.2, 0.25) is 0 Å². The number of nitrogens with zero attached hydrogens (tertiary/aromatic N) is 3. The van der Waals surface area contributed by atoms with Crippen LogP contribution in [0.1, 0.15) is 38.6 Å². The van der Waals surface area contributed by atoms with E-state index >= 15 is 0 Å². The van der Waals surface area contributed by atoms with Crippen molar-refractivity contribution in [2.75, 3.05) is 0 Å². The highest BCUT2D eigenvalue weighted by Crippen LogP contribution is 2.37. The van der Waals surface area contributed by atoms with Crippen LogP contribution in [0.5, 0.6) is 0 Å². The lowest BCUT2D eigenvalue weighted by Crippen LogP contribution is -2.21. The first-order valence-electron chi connectivity index (χ1n) is 4.21. The number of rotatable bonds is 2. The van der Waals surface area contributed by atoms with E-state index in [2.05, 4.69) is 10.2 Å². The van der Waals surface area contributed by atoms with Gasteiger partial charge in [0, 0.05) is 6.04 Å². The van der Waals surface area contributed by atoms with Crippen molar-refractivity contribution in [3.05, 3.63) is 12.2 Å². The second-order valence-corrected chi connectivity index (χ2v) is 3.85. The van der Waals surface area contributed by atoms with E-state index in [4.69, 9.17) is 0 Å². The molecule has 0 radical (unpaired) electrons. The quantitative estimate of drug-likeness (QED) is 0.710. The van der Waals surface area contributed by atoms with Gasteiger partial charge in [-0.25, -0.2) is 0 Å². The van der Waals surface area contributed by atoms with Crippen LogP contribution in [0.4, 0.5) is 0 Å². The summed E-state index contributed by atoms with van der Waals surface area (Å²) in [7, 11) is 0. The molecular weight excluding hydrogens is 154 g/mol. The smallest absolute Gasteiger partial charge is 0.164 e. The molecule has 1 heterocycles. The van der Waals surface area contributed by atoms with Gasteiger partial charge in [0.1, 0.15) is 11.9 Å². The third kappa shape index (κ3) is 1.22. The summed E-state index contributed by atoms with van der Waals surface area (Å²) in [6.45, 7) is 3.46. The lowest BCUT2D eigenvalue weighted by atomic mass is 10.1. The van der Waals surface area contributed by atoms with Gasteiger partial charge in [-0.1, -0.05) is 0 Å². The van der Waals surface area contributed by atoms with E-state index in [1.807, 2.05) is 4.57 Å². The van der Waals surface area contributed by atoms with Crippen molar-refractivity contribution in [2.24, 2.45) is 0 Å². The second-order valence-electron chi connectivity index (χ2n) is 3.85. The summed E-state index contributed by atoms with van der Waals surface area (Å²) >= 11 is 0. The molecule has 0 aliphatic heterocycles. The largest absolute Gasteiger partial charge is 0.382 e. The molecular formula is C8H13N3O. The highest BCUT2D eigenvalue weighted by Gasteiger charge is 2.31. The highest BCUT2D eigenvalue weighted by atomic mass is 16.3. The van der Waals surface area contributed by atoms with Crippen molar-refractivity contribution < 1.29 is 5.11 Å². The molecule has 1 N–H and O–H groups in total. The normalized spacial score (nSPS) is 18.2. The molecule has 2 rings (SSSR count). The van der Waals surface area contributed by atoms with E-state index in [0.717, 1.165) is 0 Å². The van der Waals surface area contributed by atoms with Crippen LogP contribution >= 0.6 is 0 Å². The topological polar surface area (TPSA) is 50.9 Å². The minimum Gasteiger partial charge on any atom is -0.382 e. The Morgan fingerprint density at radius 1 is 1.58 bits per heavy atom. The van der Waals surface area contributed by atoms with Crippen LogP contribution in [0.25, 0.3) is 0 Å². The Bertz CT molecular complexity index is 283. The average molecular weight is 167 g/mol. The molecule has 1 saturated carbocycles. The first-order valence-corrected chi connectivity index (χ1v) is 4.21. The molecule has 1 aliphatic carbocycles. The molecule has 0 saturated heterocycles. The van der Waals surface area contributed by atoms with E-state index < -0.39 is 5.60 Å². The molecule has 0 bridgehead atoms. The third-order valence-electron chi connectivity index (χ3n) is 2.06. The van der Waals surface area contributed by atoms with Crippen LogP contribution in [0.15, 0.2) is 6.33 Å². The van der Waals surface area contributed by atoms with Crippen LogP contribution in [0.2, 0.25) is 0 Å². The summed E-state index contributed by atoms with van der Waals surface area (Å²) in [4.78, 5) is 0. The first-order chi connectivity index (χ1) is 5.59. The zero-order valence-electron chi connectivity index (χ0n) is 7.36. The molecule has 4 nitrogen and oxygen atoms in total. The fraction of sp³-hybridized carbons (Fsp3) is 0.750. The minimum absolute atomic E-state index is 0.529. The Kier molecular flexibility index (Phi) is 1.48. The number of aromatic nitrogens is 3. The lowest BCUT2D eigenvalue weighted by Gasteiger charge is -2.16. The Labute approximate surface area is 71.2 Å². The minimum atomic E-state index is -0.876. The molecule has 0 spiro atoms. The third-order valence-corrected chi connectivity index (χ3v) is 2.06. The van der Waals surface area contributed by atoms with Gasteiger partial charge in [-0.05, 0) is 26.7 Å². The van der Waals surface area contributed by atoms with E-state index in [9.17, 15) is 5.11 Å². The van der Waals surface area contributed by atoms with E-state index in [1.165, 1.54) is 12.8 Å². The maximum atomic E-state index is 9.71. The van der Waals surface area contributed by atoms with Crippen LogP contribution in [0.3, 0.4) is 0 Å². The molecule has 1 aliphatic rings. The lowest BCUT2D eigenvalue weighted by molar-refractivity contribution is 0.0642. The van der Waals surface area contributed by atoms with Gasteiger partial charge < -0.3 is 9.67 Å². The molecule has 1 fully saturated rings. The molecule has 1 aromatic heterocycles. The van der Waals surface area contributed by atoms with Gasteiger partial charge in [0.05, 0.1) is 0 Å². The number of hydrogen-bond donors (Lipinski definition) is 1. The molecule has 1 aromatic rings. The molecule has 66 valence electrons. The summed E-state index contributed by atoms with van der Waals surface area (Å²) in [6, 6.07) is 0.529. The van der Waals surface area contributed by atoms with Crippen molar-refractivity contribution >= 4 is 0 Å². The first kappa shape index (κ1) is 7.73. The zero-order valence-corrected chi connectivity index (χ0v) is 7.36. The van der Waals surface area contributed by atoms with Gasteiger partial charge in [0.25, 0.3) is 0 Å². The maximum absolute atomic E-state index is 9.71. The van der Waals surface area contributed by atoms with E-state index in [1.54, 1.807) is 20.2 Å². The van der Waals surface area contributed by atoms with Crippen molar-refractivity contribution in [3.8, 4) is 0 Å². The van der Waals surface area contributed by atoms with Gasteiger partial charge in [-0.2, -0.15) is 0 Å². The molecule has 0 amide bonds. The van der Waals surface area contributed by atoms with Crippen LogP contribution in [-0.2, 0) is 5.60 Å². The highest BCUT2D eigenvalue weighted by molar-refractivity contribution is 5.02. The summed E-state index contributed by atoms with van der Waals surface area (Å²) in [5.74, 6) is 0.671. The Morgan fingerprint density at radius 3 is 2.75 bits per heavy atom. The summed E-state index contributed by atoms with van der Waals surface area (Å²) in [5, 5.41) is 17.4. The average Bonchev–Trinajstić information content (AvgIpc) is 2.65.